The highest BCUT2D eigenvalue weighted by molar-refractivity contribution is 9.10. The lowest BCUT2D eigenvalue weighted by atomic mass is 10.0. The van der Waals surface area contributed by atoms with Gasteiger partial charge in [-0.25, -0.2) is 39.3 Å². The van der Waals surface area contributed by atoms with Gasteiger partial charge in [0.15, 0.2) is 34.9 Å². The molecule has 0 saturated heterocycles. The highest BCUT2D eigenvalue weighted by atomic mass is 79.9. The van der Waals surface area contributed by atoms with Crippen molar-refractivity contribution in [3.05, 3.63) is 319 Å². The van der Waals surface area contributed by atoms with E-state index in [1.54, 1.807) is 0 Å². The molecule has 0 amide bonds. The molecule has 440 valence electrons. The van der Waals surface area contributed by atoms with Crippen molar-refractivity contribution in [1.82, 2.24) is 64.5 Å². The highest BCUT2D eigenvalue weighted by Gasteiger charge is 2.25. The summed E-state index contributed by atoms with van der Waals surface area (Å²) in [6.45, 7) is 0. The number of hydrogen-bond acceptors (Lipinski definition) is 10. The number of rotatable bonds is 9. The van der Waals surface area contributed by atoms with Crippen LogP contribution in [0.4, 0.5) is 0 Å². The first-order valence-electron chi connectivity index (χ1n) is 30.5. The van der Waals surface area contributed by atoms with E-state index in [0.29, 0.717) is 34.9 Å². The fourth-order valence-electron chi connectivity index (χ4n) is 12.1. The van der Waals surface area contributed by atoms with Gasteiger partial charge < -0.3 is 4.57 Å². The van der Waals surface area contributed by atoms with Gasteiger partial charge in [0.2, 0.25) is 0 Å². The predicted octanol–water partition coefficient (Wildman–Crippen LogP) is 18.3. The van der Waals surface area contributed by atoms with Crippen LogP contribution in [0.2, 0.25) is 0 Å². The summed E-state index contributed by atoms with van der Waals surface area (Å²) in [5.74, 6) is 3.87. The average molecular weight is 1260 g/mol. The van der Waals surface area contributed by atoms with Gasteiger partial charge in [0.05, 0.1) is 27.9 Å². The molecule has 17 aromatic rings. The Hall–Kier alpha value is -12.3. The molecule has 0 atom stereocenters. The van der Waals surface area contributed by atoms with Crippen molar-refractivity contribution < 1.29 is 0 Å². The van der Waals surface area contributed by atoms with Gasteiger partial charge in [-0.3, -0.25) is 0 Å². The molecule has 5 aromatic heterocycles. The molecule has 1 aliphatic carbocycles. The maximum Gasteiger partial charge on any atom is 0.164 e. The number of nitrogens with zero attached hydrogens (tertiary/aromatic N) is 13. The van der Waals surface area contributed by atoms with E-state index in [9.17, 15) is 0 Å². The zero-order valence-corrected chi connectivity index (χ0v) is 51.4. The topological polar surface area (TPSA) is 144 Å². The molecule has 93 heavy (non-hydrogen) atoms. The second kappa shape index (κ2) is 24.6. The molecule has 13 nitrogen and oxygen atoms in total. The maximum atomic E-state index is 4.99. The molecule has 0 N–H and O–H groups in total. The Morgan fingerprint density at radius 2 is 0.699 bits per heavy atom. The van der Waals surface area contributed by atoms with Crippen LogP contribution in [-0.2, 0) is 6.42 Å². The zero-order valence-electron chi connectivity index (χ0n) is 49.8. The molecule has 0 aliphatic heterocycles. The number of hydrogen-bond donors (Lipinski definition) is 0. The quantitative estimate of drug-likeness (QED) is 0.137. The lowest BCUT2D eigenvalue weighted by Crippen LogP contribution is -2.02. The minimum Gasteiger partial charge on any atom is -0.307 e. The predicted molar refractivity (Wildman–Crippen MR) is 374 cm³/mol. The van der Waals surface area contributed by atoms with E-state index in [1.165, 1.54) is 22.3 Å². The van der Waals surface area contributed by atoms with Gasteiger partial charge >= 0.3 is 0 Å². The summed E-state index contributed by atoms with van der Waals surface area (Å²) in [5, 5.41) is 20.2. The standard InChI is InChI=1S/C39H25N7.C21H14BrN3.C19H13N3/c1-4-13-26(14-5-1)37-40-38(27-15-6-2-7-16-27)42-39(41-37)28-17-12-20-30(25-28)45-34-22-11-10-21-31(34)32-23-24-33-36(35(32)45)46(44-43-33)29-18-8-3-9-19-29;22-18-13-7-12-17(14-18)21-24-19(15-8-3-1-4-9-15)23-20(25-21)16-10-5-2-6-11-16;1-2-7-14(8-3-1)22-19-17-12-13-6-4-5-9-15(13)16(17)10-11-18(19)20-21-22/h1-25H;1-14H;1-11H,12H2. The third-order valence-electron chi connectivity index (χ3n) is 16.5. The minimum absolute atomic E-state index is 0.608. The van der Waals surface area contributed by atoms with Crippen molar-refractivity contribution in [2.75, 3.05) is 0 Å². The Balaban J connectivity index is 0.000000122. The van der Waals surface area contributed by atoms with E-state index in [0.717, 1.165) is 105 Å². The molecule has 0 saturated carbocycles. The molecule has 0 bridgehead atoms. The molecule has 0 unspecified atom stereocenters. The van der Waals surface area contributed by atoms with Gasteiger partial charge in [0.25, 0.3) is 0 Å². The van der Waals surface area contributed by atoms with Crippen LogP contribution in [0.3, 0.4) is 0 Å². The normalized spacial score (nSPS) is 11.5. The van der Waals surface area contributed by atoms with E-state index < -0.39 is 0 Å². The van der Waals surface area contributed by atoms with Crippen molar-refractivity contribution >= 4 is 59.8 Å². The van der Waals surface area contributed by atoms with Crippen LogP contribution in [0.15, 0.2) is 308 Å². The number of fused-ring (bicyclic) bond motifs is 10. The maximum absolute atomic E-state index is 4.99. The molecule has 0 radical (unpaired) electrons. The monoisotopic (exact) mass is 1260 g/mol. The summed E-state index contributed by atoms with van der Waals surface area (Å²) in [6.07, 6.45) is 0.947. The van der Waals surface area contributed by atoms with Crippen molar-refractivity contribution in [2.45, 2.75) is 6.42 Å². The molecule has 0 spiro atoms. The second-order valence-corrected chi connectivity index (χ2v) is 23.2. The van der Waals surface area contributed by atoms with Gasteiger partial charge in [-0.1, -0.05) is 257 Å². The fourth-order valence-corrected chi connectivity index (χ4v) is 12.5. The lowest BCUT2D eigenvalue weighted by Gasteiger charge is -2.12. The van der Waals surface area contributed by atoms with Crippen LogP contribution in [-0.4, -0.2) is 64.5 Å². The minimum atomic E-state index is 0.608. The van der Waals surface area contributed by atoms with Crippen LogP contribution >= 0.6 is 15.9 Å². The number of aromatic nitrogens is 13. The number of halogens is 1. The summed E-state index contributed by atoms with van der Waals surface area (Å²) >= 11 is 3.52. The summed E-state index contributed by atoms with van der Waals surface area (Å²) in [4.78, 5) is 28.9. The van der Waals surface area contributed by atoms with Crippen molar-refractivity contribution in [2.24, 2.45) is 0 Å². The van der Waals surface area contributed by atoms with Crippen LogP contribution in [0.25, 0.3) is 140 Å². The molecule has 1 aliphatic rings. The van der Waals surface area contributed by atoms with E-state index in [2.05, 4.69) is 167 Å². The molecular weight excluding hydrogens is 1210 g/mol. The van der Waals surface area contributed by atoms with Crippen molar-refractivity contribution in [3.63, 3.8) is 0 Å². The highest BCUT2D eigenvalue weighted by Crippen LogP contribution is 2.41. The molecule has 0 fully saturated rings. The van der Waals surface area contributed by atoms with Crippen LogP contribution < -0.4 is 0 Å². The number of benzene rings is 12. The van der Waals surface area contributed by atoms with Crippen LogP contribution in [0, 0.1) is 0 Å². The third-order valence-corrected chi connectivity index (χ3v) is 17.0. The molecule has 12 aromatic carbocycles. The number of para-hydroxylation sites is 3. The first kappa shape index (κ1) is 56.0. The fraction of sp³-hybridized carbons (Fsp3) is 0.0127. The van der Waals surface area contributed by atoms with E-state index in [1.807, 2.05) is 191 Å². The molecule has 18 rings (SSSR count). The van der Waals surface area contributed by atoms with Gasteiger partial charge in [0.1, 0.15) is 16.6 Å². The average Bonchev–Trinajstić information content (AvgIpc) is 1.61. The Morgan fingerprint density at radius 3 is 1.24 bits per heavy atom. The van der Waals surface area contributed by atoms with Crippen LogP contribution in [0.5, 0.6) is 0 Å². The smallest absolute Gasteiger partial charge is 0.164 e. The summed E-state index contributed by atoms with van der Waals surface area (Å²) in [7, 11) is 0. The molecule has 5 heterocycles. The van der Waals surface area contributed by atoms with Gasteiger partial charge in [-0.05, 0) is 95.1 Å². The molecule has 14 heteroatoms. The van der Waals surface area contributed by atoms with Crippen molar-refractivity contribution in [3.8, 4) is 96.5 Å². The second-order valence-electron chi connectivity index (χ2n) is 22.3. The van der Waals surface area contributed by atoms with Crippen molar-refractivity contribution in [1.29, 1.82) is 0 Å². The SMILES string of the molecule is Brc1cccc(-c2nc(-c3ccccc3)nc(-c3ccccc3)n2)c1.c1ccc(-c2nc(-c3ccccc3)nc(-c3cccc(-n4c5ccccc5c5ccc6nnn(-c7ccccc7)c6c54)c3)n2)cc1.c1ccc(-n2nnc3ccc4c(c32)Cc2ccccc2-4)cc1. The van der Waals surface area contributed by atoms with E-state index in [4.69, 9.17) is 24.9 Å². The van der Waals surface area contributed by atoms with Gasteiger partial charge in [0, 0.05) is 60.7 Å². The summed E-state index contributed by atoms with van der Waals surface area (Å²) in [5.41, 5.74) is 20.0. The Bertz CT molecular complexity index is 5430. The summed E-state index contributed by atoms with van der Waals surface area (Å²) in [6, 6.07) is 102. The third kappa shape index (κ3) is 11.0. The first-order chi connectivity index (χ1) is 46.0. The van der Waals surface area contributed by atoms with E-state index >= 15 is 0 Å². The first-order valence-corrected chi connectivity index (χ1v) is 31.3. The Morgan fingerprint density at radius 1 is 0.290 bits per heavy atom. The van der Waals surface area contributed by atoms with Crippen LogP contribution in [0.1, 0.15) is 11.1 Å². The molecular formula is C79H52BrN13. The largest absolute Gasteiger partial charge is 0.307 e. The Labute approximate surface area is 542 Å². The van der Waals surface area contributed by atoms with E-state index in [-0.39, 0.29) is 0 Å². The zero-order chi connectivity index (χ0) is 62.0. The van der Waals surface area contributed by atoms with Gasteiger partial charge in [-0.2, -0.15) is 0 Å². The lowest BCUT2D eigenvalue weighted by molar-refractivity contribution is 0.822. The summed E-state index contributed by atoms with van der Waals surface area (Å²) < 4.78 is 7.19. The Kier molecular flexibility index (Phi) is 14.8. The van der Waals surface area contributed by atoms with Gasteiger partial charge in [-0.15, -0.1) is 10.2 Å².